The normalized spacial score (nSPS) is 18.5. The third kappa shape index (κ3) is 3.96. The number of hydrogen-bond donors (Lipinski definition) is 2. The van der Waals surface area contributed by atoms with Crippen molar-refractivity contribution in [2.45, 2.75) is 45.6 Å². The van der Waals surface area contributed by atoms with Crippen molar-refractivity contribution in [2.75, 3.05) is 13.6 Å². The first-order valence-electron chi connectivity index (χ1n) is 7.23. The molecule has 1 saturated carbocycles. The van der Waals surface area contributed by atoms with Crippen LogP contribution in [0.5, 0.6) is 0 Å². The topological polar surface area (TPSA) is 36.4 Å². The Balaban J connectivity index is 1.79. The Morgan fingerprint density at radius 3 is 2.74 bits per heavy atom. The highest BCUT2D eigenvalue weighted by Crippen LogP contribution is 2.40. The number of guanidine groups is 1. The van der Waals surface area contributed by atoms with Crippen molar-refractivity contribution >= 4 is 17.3 Å². The molecule has 19 heavy (non-hydrogen) atoms. The van der Waals surface area contributed by atoms with Crippen molar-refractivity contribution in [3.63, 3.8) is 0 Å². The third-order valence-electron chi connectivity index (χ3n) is 4.31. The molecule has 106 valence electrons. The lowest BCUT2D eigenvalue weighted by Crippen LogP contribution is -2.42. The summed E-state index contributed by atoms with van der Waals surface area (Å²) in [7, 11) is 1.84. The Labute approximate surface area is 120 Å². The van der Waals surface area contributed by atoms with Gasteiger partial charge in [-0.15, -0.1) is 0 Å². The maximum Gasteiger partial charge on any atom is 0.191 e. The highest BCUT2D eigenvalue weighted by molar-refractivity contribution is 7.07. The second kappa shape index (κ2) is 6.94. The summed E-state index contributed by atoms with van der Waals surface area (Å²) >= 11 is 1.74. The monoisotopic (exact) mass is 279 g/mol. The number of nitrogens with zero attached hydrogens (tertiary/aromatic N) is 1. The fourth-order valence-electron chi connectivity index (χ4n) is 2.85. The van der Waals surface area contributed by atoms with E-state index in [1.54, 1.807) is 11.3 Å². The summed E-state index contributed by atoms with van der Waals surface area (Å²) in [6, 6.07) is 2.15. The Bertz CT molecular complexity index is 392. The molecule has 0 unspecified atom stereocenters. The number of nitrogens with one attached hydrogen (secondary N) is 2. The van der Waals surface area contributed by atoms with Gasteiger partial charge in [0, 0.05) is 20.1 Å². The van der Waals surface area contributed by atoms with Gasteiger partial charge < -0.3 is 10.6 Å². The smallest absolute Gasteiger partial charge is 0.191 e. The van der Waals surface area contributed by atoms with Gasteiger partial charge in [0.25, 0.3) is 0 Å². The molecule has 0 aromatic carbocycles. The molecule has 0 aliphatic heterocycles. The second-order valence-electron chi connectivity index (χ2n) is 5.47. The number of hydrogen-bond acceptors (Lipinski definition) is 2. The van der Waals surface area contributed by atoms with Crippen LogP contribution in [-0.2, 0) is 6.54 Å². The summed E-state index contributed by atoms with van der Waals surface area (Å²) in [6.07, 6.45) is 6.75. The van der Waals surface area contributed by atoms with Crippen molar-refractivity contribution in [2.24, 2.45) is 10.4 Å². The Morgan fingerprint density at radius 2 is 2.16 bits per heavy atom. The van der Waals surface area contributed by atoms with Crippen LogP contribution in [0.15, 0.2) is 21.8 Å². The molecule has 0 atom stereocenters. The van der Waals surface area contributed by atoms with Crippen LogP contribution in [0.4, 0.5) is 0 Å². The molecule has 0 saturated heterocycles. The summed E-state index contributed by atoms with van der Waals surface area (Å²) in [5, 5.41) is 11.2. The maximum atomic E-state index is 4.31. The lowest BCUT2D eigenvalue weighted by Gasteiger charge is -2.28. The predicted octanol–water partition coefficient (Wildman–Crippen LogP) is 3.38. The summed E-state index contributed by atoms with van der Waals surface area (Å²) < 4.78 is 0. The van der Waals surface area contributed by atoms with E-state index in [0.717, 1.165) is 19.0 Å². The fourth-order valence-corrected chi connectivity index (χ4v) is 3.52. The van der Waals surface area contributed by atoms with Gasteiger partial charge in [-0.05, 0) is 47.1 Å². The van der Waals surface area contributed by atoms with Crippen LogP contribution in [-0.4, -0.2) is 19.6 Å². The molecule has 0 amide bonds. The predicted molar refractivity (Wildman–Crippen MR) is 83.7 cm³/mol. The van der Waals surface area contributed by atoms with Crippen LogP contribution in [0.2, 0.25) is 0 Å². The zero-order valence-corrected chi connectivity index (χ0v) is 12.9. The molecule has 2 rings (SSSR count). The average molecular weight is 279 g/mol. The van der Waals surface area contributed by atoms with Crippen LogP contribution in [0.25, 0.3) is 0 Å². The largest absolute Gasteiger partial charge is 0.356 e. The van der Waals surface area contributed by atoms with Crippen molar-refractivity contribution in [1.29, 1.82) is 0 Å². The summed E-state index contributed by atoms with van der Waals surface area (Å²) in [5.41, 5.74) is 1.82. The van der Waals surface area contributed by atoms with E-state index in [-0.39, 0.29) is 0 Å². The lowest BCUT2D eigenvalue weighted by atomic mass is 9.83. The second-order valence-corrected chi connectivity index (χ2v) is 6.25. The minimum atomic E-state index is 0.500. The summed E-state index contributed by atoms with van der Waals surface area (Å²) in [4.78, 5) is 4.31. The van der Waals surface area contributed by atoms with Gasteiger partial charge in [-0.3, -0.25) is 4.99 Å². The van der Waals surface area contributed by atoms with Gasteiger partial charge >= 0.3 is 0 Å². The molecule has 1 fully saturated rings. The molecule has 1 aromatic heterocycles. The Kier molecular flexibility index (Phi) is 5.25. The van der Waals surface area contributed by atoms with E-state index in [1.807, 2.05) is 7.05 Å². The van der Waals surface area contributed by atoms with Gasteiger partial charge in [0.1, 0.15) is 0 Å². The minimum absolute atomic E-state index is 0.500. The third-order valence-corrected chi connectivity index (χ3v) is 5.04. The van der Waals surface area contributed by atoms with E-state index >= 15 is 0 Å². The first-order chi connectivity index (χ1) is 9.28. The van der Waals surface area contributed by atoms with Crippen LogP contribution in [0.3, 0.4) is 0 Å². The SMILES string of the molecule is CCC1(CNC(=NC)NCc2ccsc2)CCCC1. The fraction of sp³-hybridized carbons (Fsp3) is 0.667. The standard InChI is InChI=1S/C15H25N3S/c1-3-15(7-4-5-8-15)12-18-14(16-2)17-10-13-6-9-19-11-13/h6,9,11H,3-5,7-8,10,12H2,1-2H3,(H2,16,17,18). The lowest BCUT2D eigenvalue weighted by molar-refractivity contribution is 0.283. The van der Waals surface area contributed by atoms with Crippen LogP contribution >= 0.6 is 11.3 Å². The van der Waals surface area contributed by atoms with Crippen LogP contribution < -0.4 is 10.6 Å². The van der Waals surface area contributed by atoms with Gasteiger partial charge in [-0.25, -0.2) is 0 Å². The van der Waals surface area contributed by atoms with Gasteiger partial charge in [-0.1, -0.05) is 19.8 Å². The summed E-state index contributed by atoms with van der Waals surface area (Å²) in [5.74, 6) is 0.922. The first-order valence-corrected chi connectivity index (χ1v) is 8.18. The maximum absolute atomic E-state index is 4.31. The van der Waals surface area contributed by atoms with Crippen LogP contribution in [0.1, 0.15) is 44.6 Å². The zero-order chi connectivity index (χ0) is 13.6. The van der Waals surface area contributed by atoms with Crippen LogP contribution in [0, 0.1) is 5.41 Å². The molecular weight excluding hydrogens is 254 g/mol. The molecule has 1 heterocycles. The molecular formula is C15H25N3S. The molecule has 1 aliphatic carbocycles. The number of rotatable bonds is 5. The first kappa shape index (κ1) is 14.4. The van der Waals surface area contributed by atoms with E-state index < -0.39 is 0 Å². The van der Waals surface area contributed by atoms with E-state index in [2.05, 4.69) is 39.4 Å². The minimum Gasteiger partial charge on any atom is -0.356 e. The zero-order valence-electron chi connectivity index (χ0n) is 12.0. The highest BCUT2D eigenvalue weighted by atomic mass is 32.1. The highest BCUT2D eigenvalue weighted by Gasteiger charge is 2.31. The molecule has 1 aliphatic rings. The van der Waals surface area contributed by atoms with Crippen molar-refractivity contribution in [1.82, 2.24) is 10.6 Å². The van der Waals surface area contributed by atoms with Crippen molar-refractivity contribution < 1.29 is 0 Å². The van der Waals surface area contributed by atoms with Gasteiger partial charge in [0.2, 0.25) is 0 Å². The molecule has 0 radical (unpaired) electrons. The van der Waals surface area contributed by atoms with E-state index in [1.165, 1.54) is 37.7 Å². The van der Waals surface area contributed by atoms with Gasteiger partial charge in [-0.2, -0.15) is 11.3 Å². The van der Waals surface area contributed by atoms with E-state index in [0.29, 0.717) is 5.41 Å². The molecule has 0 bridgehead atoms. The summed E-state index contributed by atoms with van der Waals surface area (Å²) in [6.45, 7) is 4.21. The van der Waals surface area contributed by atoms with E-state index in [9.17, 15) is 0 Å². The molecule has 2 N–H and O–H groups in total. The molecule has 1 aromatic rings. The molecule has 0 spiro atoms. The quantitative estimate of drug-likeness (QED) is 0.640. The van der Waals surface area contributed by atoms with Gasteiger partial charge in [0.15, 0.2) is 5.96 Å². The van der Waals surface area contributed by atoms with Gasteiger partial charge in [0.05, 0.1) is 0 Å². The Hall–Kier alpha value is -1.03. The van der Waals surface area contributed by atoms with Crippen molar-refractivity contribution in [3.05, 3.63) is 22.4 Å². The number of aliphatic imine (C=N–C) groups is 1. The molecule has 4 heteroatoms. The number of thiophene rings is 1. The molecule has 3 nitrogen and oxygen atoms in total. The van der Waals surface area contributed by atoms with E-state index in [4.69, 9.17) is 0 Å². The average Bonchev–Trinajstić information content (AvgIpc) is 3.11. The Morgan fingerprint density at radius 1 is 1.37 bits per heavy atom. The van der Waals surface area contributed by atoms with Crippen molar-refractivity contribution in [3.8, 4) is 0 Å².